The summed E-state index contributed by atoms with van der Waals surface area (Å²) in [6, 6.07) is 0. The van der Waals surface area contributed by atoms with E-state index in [0.717, 1.165) is 38.5 Å². The molecule has 0 aromatic carbocycles. The molecule has 162 valence electrons. The number of hydrogen-bond donors (Lipinski definition) is 4. The Morgan fingerprint density at radius 1 is 0.481 bits per heavy atom. The Morgan fingerprint density at radius 2 is 0.630 bits per heavy atom. The van der Waals surface area contributed by atoms with E-state index in [0.29, 0.717) is 0 Å². The van der Waals surface area contributed by atoms with Crippen LogP contribution < -0.4 is 0 Å². The zero-order valence-corrected chi connectivity index (χ0v) is 21.6. The van der Waals surface area contributed by atoms with Crippen molar-refractivity contribution in [3.05, 3.63) is 0 Å². The molecule has 3 aliphatic rings. The topological polar surface area (TPSA) is 80.9 Å². The van der Waals surface area contributed by atoms with Crippen LogP contribution in [0.15, 0.2) is 0 Å². The molecule has 0 spiro atoms. The van der Waals surface area contributed by atoms with Gasteiger partial charge in [-0.25, -0.2) is 0 Å². The number of aliphatic hydroxyl groups excluding tert-OH is 3. The van der Waals surface area contributed by atoms with E-state index < -0.39 is 8.32 Å². The zero-order chi connectivity index (χ0) is 19.8. The first kappa shape index (κ1) is 30.1. The second-order valence-corrected chi connectivity index (χ2v) is 13.4. The molecule has 3 fully saturated rings. The van der Waals surface area contributed by atoms with E-state index in [-0.39, 0.29) is 44.5 Å². The molecule has 3 saturated carbocycles. The molecule has 0 aromatic heterocycles. The van der Waals surface area contributed by atoms with Crippen LogP contribution in [-0.2, 0) is 26.2 Å². The fourth-order valence-corrected chi connectivity index (χ4v) is 3.24. The third-order valence-electron chi connectivity index (χ3n) is 4.72. The fourth-order valence-electron chi connectivity index (χ4n) is 3.24. The Labute approximate surface area is 188 Å². The van der Waals surface area contributed by atoms with Crippen LogP contribution in [-0.4, -0.2) is 46.7 Å². The molecule has 27 heavy (non-hydrogen) atoms. The summed E-state index contributed by atoms with van der Waals surface area (Å²) in [6.45, 7) is 5.65. The van der Waals surface area contributed by atoms with Gasteiger partial charge in [0.2, 0.25) is 0 Å². The van der Waals surface area contributed by atoms with E-state index in [1.807, 2.05) is 19.6 Å². The molecule has 0 atom stereocenters. The standard InChI is InChI=1S/3C6H12O.C3H10OSi.Zr/c3*7-6-4-2-1-3-5-6;1-5(2,3)4;/h3*6-7H,1-5H2;4H,1-3H3;. The van der Waals surface area contributed by atoms with Gasteiger partial charge < -0.3 is 20.1 Å². The molecule has 0 heterocycles. The molecule has 0 aliphatic heterocycles. The van der Waals surface area contributed by atoms with Crippen LogP contribution in [0.5, 0.6) is 0 Å². The van der Waals surface area contributed by atoms with Crippen LogP contribution in [0.4, 0.5) is 0 Å². The molecule has 0 aromatic rings. The maximum absolute atomic E-state index is 8.91. The van der Waals surface area contributed by atoms with Crippen molar-refractivity contribution in [3.8, 4) is 0 Å². The van der Waals surface area contributed by atoms with Gasteiger partial charge in [-0.3, -0.25) is 0 Å². The summed E-state index contributed by atoms with van der Waals surface area (Å²) in [5.74, 6) is 0. The van der Waals surface area contributed by atoms with Gasteiger partial charge in [-0.15, -0.1) is 0 Å². The molecule has 4 nitrogen and oxygen atoms in total. The van der Waals surface area contributed by atoms with Crippen LogP contribution in [0.2, 0.25) is 19.6 Å². The van der Waals surface area contributed by atoms with Crippen molar-refractivity contribution in [1.29, 1.82) is 0 Å². The molecular weight excluding hydrogens is 436 g/mol. The second kappa shape index (κ2) is 18.9. The maximum atomic E-state index is 8.91. The van der Waals surface area contributed by atoms with Crippen molar-refractivity contribution < 1.29 is 46.3 Å². The maximum Gasteiger partial charge on any atom is 0.179 e. The van der Waals surface area contributed by atoms with Crippen LogP contribution in [0.25, 0.3) is 0 Å². The van der Waals surface area contributed by atoms with Gasteiger partial charge in [0, 0.05) is 26.2 Å². The average molecular weight is 482 g/mol. The summed E-state index contributed by atoms with van der Waals surface area (Å²) in [7, 11) is -1.61. The van der Waals surface area contributed by atoms with E-state index in [2.05, 4.69) is 0 Å². The molecular formula is C21H46O4SiZr. The van der Waals surface area contributed by atoms with Gasteiger partial charge in [-0.2, -0.15) is 0 Å². The predicted octanol–water partition coefficient (Wildman–Crippen LogP) is 4.75. The molecule has 3 aliphatic carbocycles. The number of hydrogen-bond acceptors (Lipinski definition) is 4. The Morgan fingerprint density at radius 3 is 0.704 bits per heavy atom. The number of rotatable bonds is 0. The minimum absolute atomic E-state index is 0. The van der Waals surface area contributed by atoms with Gasteiger partial charge in [0.15, 0.2) is 8.32 Å². The van der Waals surface area contributed by atoms with Crippen molar-refractivity contribution in [2.24, 2.45) is 0 Å². The van der Waals surface area contributed by atoms with Crippen molar-refractivity contribution in [2.75, 3.05) is 0 Å². The quantitative estimate of drug-likeness (QED) is 0.377. The Bertz CT molecular complexity index is 251. The zero-order valence-electron chi connectivity index (χ0n) is 18.1. The first-order valence-corrected chi connectivity index (χ1v) is 14.4. The first-order valence-electron chi connectivity index (χ1n) is 10.9. The molecule has 4 N–H and O–H groups in total. The number of aliphatic hydroxyl groups is 3. The van der Waals surface area contributed by atoms with Gasteiger partial charge in [-0.05, 0) is 58.2 Å². The molecule has 6 heteroatoms. The monoisotopic (exact) mass is 480 g/mol. The van der Waals surface area contributed by atoms with Gasteiger partial charge in [0.1, 0.15) is 0 Å². The summed E-state index contributed by atoms with van der Waals surface area (Å²) < 4.78 is 0. The average Bonchev–Trinajstić information content (AvgIpc) is 2.57. The van der Waals surface area contributed by atoms with E-state index in [9.17, 15) is 0 Å². The van der Waals surface area contributed by atoms with Crippen LogP contribution in [0.1, 0.15) is 96.3 Å². The van der Waals surface area contributed by atoms with Gasteiger partial charge in [0.25, 0.3) is 0 Å². The van der Waals surface area contributed by atoms with Crippen molar-refractivity contribution in [2.45, 2.75) is 134 Å². The molecule has 0 saturated heterocycles. The third-order valence-corrected chi connectivity index (χ3v) is 4.72. The van der Waals surface area contributed by atoms with Gasteiger partial charge >= 0.3 is 0 Å². The second-order valence-electron chi connectivity index (χ2n) is 9.05. The van der Waals surface area contributed by atoms with Crippen molar-refractivity contribution in [1.82, 2.24) is 0 Å². The van der Waals surface area contributed by atoms with Crippen LogP contribution >= 0.6 is 0 Å². The van der Waals surface area contributed by atoms with Crippen molar-refractivity contribution >= 4 is 8.32 Å². The Hall–Kier alpha value is 0.940. The van der Waals surface area contributed by atoms with Crippen LogP contribution in [0, 0.1) is 0 Å². The molecule has 0 unspecified atom stereocenters. The van der Waals surface area contributed by atoms with Crippen molar-refractivity contribution in [3.63, 3.8) is 0 Å². The van der Waals surface area contributed by atoms with Gasteiger partial charge in [-0.1, -0.05) is 57.8 Å². The molecule has 3 rings (SSSR count). The summed E-state index contributed by atoms with van der Waals surface area (Å²) in [5.41, 5.74) is 0. The Balaban J connectivity index is 0. The normalized spacial score (nSPS) is 21.9. The summed E-state index contributed by atoms with van der Waals surface area (Å²) in [5, 5.41) is 26.7. The minimum atomic E-state index is -1.61. The Kier molecular flexibility index (Phi) is 21.1. The van der Waals surface area contributed by atoms with Gasteiger partial charge in [0.05, 0.1) is 18.3 Å². The van der Waals surface area contributed by atoms with E-state index in [1.165, 1.54) is 57.8 Å². The molecule has 0 radical (unpaired) electrons. The van der Waals surface area contributed by atoms with E-state index in [4.69, 9.17) is 20.1 Å². The minimum Gasteiger partial charge on any atom is -0.433 e. The molecule has 0 bridgehead atoms. The SMILES string of the molecule is C[Si](C)(C)O.OC1CCCCC1.OC1CCCCC1.OC1CCCCC1.[Zr]. The third kappa shape index (κ3) is 26.9. The smallest absolute Gasteiger partial charge is 0.179 e. The van der Waals surface area contributed by atoms with E-state index >= 15 is 0 Å². The summed E-state index contributed by atoms with van der Waals surface area (Å²) in [4.78, 5) is 8.66. The summed E-state index contributed by atoms with van der Waals surface area (Å²) in [6.07, 6.45) is 17.8. The first-order chi connectivity index (χ1) is 12.2. The van der Waals surface area contributed by atoms with E-state index in [1.54, 1.807) is 0 Å². The summed E-state index contributed by atoms with van der Waals surface area (Å²) >= 11 is 0. The predicted molar refractivity (Wildman–Crippen MR) is 113 cm³/mol. The fraction of sp³-hybridized carbons (Fsp3) is 1.00. The molecule has 0 amide bonds. The largest absolute Gasteiger partial charge is 0.433 e. The van der Waals surface area contributed by atoms with Crippen LogP contribution in [0.3, 0.4) is 0 Å².